The zero-order chi connectivity index (χ0) is 18.2. The second-order valence-corrected chi connectivity index (χ2v) is 4.85. The van der Waals surface area contributed by atoms with Gasteiger partial charge in [0.05, 0.1) is 40.2 Å². The third kappa shape index (κ3) is 4.20. The van der Waals surface area contributed by atoms with Crippen molar-refractivity contribution in [2.24, 2.45) is 5.10 Å². The molecule has 132 valence electrons. The largest absolute Gasteiger partial charge is 0.497 e. The number of rotatable bonds is 7. The molecule has 25 heavy (non-hydrogen) atoms. The first-order valence-corrected chi connectivity index (χ1v) is 7.41. The topological polar surface area (TPSA) is 78.4 Å². The van der Waals surface area contributed by atoms with E-state index in [0.717, 1.165) is 0 Å². The minimum Gasteiger partial charge on any atom is -0.497 e. The molecule has 0 aliphatic carbocycles. The average molecular weight is 344 g/mol. The third-order valence-electron chi connectivity index (χ3n) is 3.46. The molecule has 0 aliphatic heterocycles. The van der Waals surface area contributed by atoms with Gasteiger partial charge < -0.3 is 18.9 Å². The van der Waals surface area contributed by atoms with Crippen molar-refractivity contribution in [1.29, 1.82) is 0 Å². The number of hydrogen-bond donors (Lipinski definition) is 1. The van der Waals surface area contributed by atoms with Crippen LogP contribution in [0, 0.1) is 0 Å². The number of nitrogens with zero attached hydrogens (tertiary/aromatic N) is 1. The second kappa shape index (κ2) is 8.58. The number of hydrogen-bond acceptors (Lipinski definition) is 6. The van der Waals surface area contributed by atoms with Crippen LogP contribution in [0.2, 0.25) is 0 Å². The Labute approximate surface area is 146 Å². The van der Waals surface area contributed by atoms with Crippen molar-refractivity contribution in [3.8, 4) is 23.0 Å². The molecule has 0 fully saturated rings. The zero-order valence-electron chi connectivity index (χ0n) is 14.5. The lowest BCUT2D eigenvalue weighted by molar-refractivity contribution is 0.0952. The minimum absolute atomic E-state index is 0.345. The first-order chi connectivity index (χ1) is 12.1. The fourth-order valence-electron chi connectivity index (χ4n) is 2.22. The van der Waals surface area contributed by atoms with E-state index in [1.807, 2.05) is 0 Å². The van der Waals surface area contributed by atoms with Gasteiger partial charge in [0.15, 0.2) is 11.5 Å². The molecule has 7 nitrogen and oxygen atoms in total. The normalized spacial score (nSPS) is 10.4. The van der Waals surface area contributed by atoms with Crippen molar-refractivity contribution < 1.29 is 23.7 Å². The van der Waals surface area contributed by atoms with Crippen LogP contribution in [0.3, 0.4) is 0 Å². The van der Waals surface area contributed by atoms with Crippen LogP contribution in [0.5, 0.6) is 23.0 Å². The SMILES string of the molecule is COc1ccc(C(=O)N/N=C\c2cccc(OC)c2OC)c(OC)c1. The van der Waals surface area contributed by atoms with E-state index in [9.17, 15) is 4.79 Å². The van der Waals surface area contributed by atoms with E-state index in [1.54, 1.807) is 50.6 Å². The molecule has 0 bridgehead atoms. The summed E-state index contributed by atoms with van der Waals surface area (Å²) in [6.07, 6.45) is 1.48. The van der Waals surface area contributed by atoms with Crippen molar-refractivity contribution in [3.63, 3.8) is 0 Å². The van der Waals surface area contributed by atoms with Crippen molar-refractivity contribution in [2.45, 2.75) is 0 Å². The Morgan fingerprint density at radius 1 is 0.960 bits per heavy atom. The first-order valence-electron chi connectivity index (χ1n) is 7.41. The van der Waals surface area contributed by atoms with Gasteiger partial charge >= 0.3 is 0 Å². The van der Waals surface area contributed by atoms with Crippen LogP contribution in [-0.4, -0.2) is 40.6 Å². The molecule has 0 saturated carbocycles. The molecule has 0 unspecified atom stereocenters. The van der Waals surface area contributed by atoms with Gasteiger partial charge in [0, 0.05) is 11.6 Å². The third-order valence-corrected chi connectivity index (χ3v) is 3.46. The van der Waals surface area contributed by atoms with Crippen molar-refractivity contribution in [3.05, 3.63) is 47.5 Å². The van der Waals surface area contributed by atoms with Crippen LogP contribution < -0.4 is 24.4 Å². The molecule has 0 atom stereocenters. The summed E-state index contributed by atoms with van der Waals surface area (Å²) in [5.41, 5.74) is 3.48. The monoisotopic (exact) mass is 344 g/mol. The second-order valence-electron chi connectivity index (χ2n) is 4.85. The van der Waals surface area contributed by atoms with Gasteiger partial charge in [-0.05, 0) is 24.3 Å². The number of nitrogens with one attached hydrogen (secondary N) is 1. The molecule has 0 aromatic heterocycles. The highest BCUT2D eigenvalue weighted by Gasteiger charge is 2.13. The van der Waals surface area contributed by atoms with Gasteiger partial charge in [-0.25, -0.2) is 5.43 Å². The smallest absolute Gasteiger partial charge is 0.275 e. The molecule has 0 heterocycles. The van der Waals surface area contributed by atoms with Crippen LogP contribution in [0.4, 0.5) is 0 Å². The molecule has 1 N–H and O–H groups in total. The summed E-state index contributed by atoms with van der Waals surface area (Å²) in [6.45, 7) is 0. The van der Waals surface area contributed by atoms with Gasteiger partial charge in [-0.15, -0.1) is 0 Å². The van der Waals surface area contributed by atoms with Gasteiger partial charge in [0.2, 0.25) is 0 Å². The van der Waals surface area contributed by atoms with E-state index in [-0.39, 0.29) is 0 Å². The summed E-state index contributed by atoms with van der Waals surface area (Å²) in [7, 11) is 6.11. The molecule has 0 spiro atoms. The summed E-state index contributed by atoms with van der Waals surface area (Å²) in [6, 6.07) is 10.3. The lowest BCUT2D eigenvalue weighted by Crippen LogP contribution is -2.18. The van der Waals surface area contributed by atoms with E-state index in [1.165, 1.54) is 20.4 Å². The van der Waals surface area contributed by atoms with Crippen LogP contribution >= 0.6 is 0 Å². The maximum atomic E-state index is 12.3. The Kier molecular flexibility index (Phi) is 6.22. The molecular formula is C18H20N2O5. The number of para-hydroxylation sites is 1. The molecule has 0 saturated heterocycles. The predicted molar refractivity (Wildman–Crippen MR) is 94.2 cm³/mol. The molecule has 2 aromatic carbocycles. The Morgan fingerprint density at radius 2 is 1.72 bits per heavy atom. The Hall–Kier alpha value is -3.22. The van der Waals surface area contributed by atoms with E-state index in [4.69, 9.17) is 18.9 Å². The molecule has 2 rings (SSSR count). The van der Waals surface area contributed by atoms with Crippen LogP contribution in [0.25, 0.3) is 0 Å². The van der Waals surface area contributed by atoms with Crippen molar-refractivity contribution >= 4 is 12.1 Å². The average Bonchev–Trinajstić information content (AvgIpc) is 2.66. The number of carbonyl (C=O) groups is 1. The van der Waals surface area contributed by atoms with E-state index >= 15 is 0 Å². The van der Waals surface area contributed by atoms with Gasteiger partial charge in [0.25, 0.3) is 5.91 Å². The molecule has 0 aliphatic rings. The molecule has 1 amide bonds. The quantitative estimate of drug-likeness (QED) is 0.617. The summed E-state index contributed by atoms with van der Waals surface area (Å²) >= 11 is 0. The van der Waals surface area contributed by atoms with Crippen molar-refractivity contribution in [1.82, 2.24) is 5.43 Å². The minimum atomic E-state index is -0.405. The highest BCUT2D eigenvalue weighted by atomic mass is 16.5. The summed E-state index contributed by atoms with van der Waals surface area (Å²) in [5.74, 6) is 1.70. The van der Waals surface area contributed by atoms with Crippen LogP contribution in [0.1, 0.15) is 15.9 Å². The zero-order valence-corrected chi connectivity index (χ0v) is 14.5. The van der Waals surface area contributed by atoms with Gasteiger partial charge in [0.1, 0.15) is 11.5 Å². The molecule has 7 heteroatoms. The number of methoxy groups -OCH3 is 4. The predicted octanol–water partition coefficient (Wildman–Crippen LogP) is 2.48. The fraction of sp³-hybridized carbons (Fsp3) is 0.222. The fourth-order valence-corrected chi connectivity index (χ4v) is 2.22. The Morgan fingerprint density at radius 3 is 2.36 bits per heavy atom. The van der Waals surface area contributed by atoms with E-state index in [2.05, 4.69) is 10.5 Å². The number of benzene rings is 2. The molecule has 0 radical (unpaired) electrons. The number of carbonyl (C=O) groups excluding carboxylic acids is 1. The van der Waals surface area contributed by atoms with Gasteiger partial charge in [-0.3, -0.25) is 4.79 Å². The summed E-state index contributed by atoms with van der Waals surface area (Å²) in [5, 5.41) is 3.97. The van der Waals surface area contributed by atoms with Gasteiger partial charge in [-0.1, -0.05) is 6.07 Å². The van der Waals surface area contributed by atoms with E-state index < -0.39 is 5.91 Å². The maximum absolute atomic E-state index is 12.3. The highest BCUT2D eigenvalue weighted by molar-refractivity contribution is 5.97. The maximum Gasteiger partial charge on any atom is 0.275 e. The Bertz CT molecular complexity index is 774. The van der Waals surface area contributed by atoms with Crippen LogP contribution in [-0.2, 0) is 0 Å². The first kappa shape index (κ1) is 18.1. The number of ether oxygens (including phenoxy) is 4. The van der Waals surface area contributed by atoms with Gasteiger partial charge in [-0.2, -0.15) is 5.10 Å². The molecule has 2 aromatic rings. The molecular weight excluding hydrogens is 324 g/mol. The van der Waals surface area contributed by atoms with Crippen LogP contribution in [0.15, 0.2) is 41.5 Å². The summed E-state index contributed by atoms with van der Waals surface area (Å²) in [4.78, 5) is 12.3. The lowest BCUT2D eigenvalue weighted by Gasteiger charge is -2.10. The number of hydrazone groups is 1. The standard InChI is InChI=1S/C18H20N2O5/c1-22-13-8-9-14(16(10-13)24-3)18(21)20-19-11-12-6-5-7-15(23-2)17(12)25-4/h5-11H,1-4H3,(H,20,21)/b19-11-. The van der Waals surface area contributed by atoms with Crippen molar-refractivity contribution in [2.75, 3.05) is 28.4 Å². The highest BCUT2D eigenvalue weighted by Crippen LogP contribution is 2.29. The Balaban J connectivity index is 2.16. The van der Waals surface area contributed by atoms with E-state index in [0.29, 0.717) is 34.1 Å². The lowest BCUT2D eigenvalue weighted by atomic mass is 10.2. The summed E-state index contributed by atoms with van der Waals surface area (Å²) < 4.78 is 20.9. The number of amides is 1.